The van der Waals surface area contributed by atoms with Gasteiger partial charge in [0.2, 0.25) is 5.91 Å². The van der Waals surface area contributed by atoms with E-state index in [1.807, 2.05) is 23.8 Å². The Bertz CT molecular complexity index is 784. The number of halogens is 2. The molecule has 4 nitrogen and oxygen atoms in total. The molecule has 0 saturated carbocycles. The highest BCUT2D eigenvalue weighted by atomic mass is 79.9. The fourth-order valence-electron chi connectivity index (χ4n) is 1.82. The lowest BCUT2D eigenvalue weighted by atomic mass is 10.1. The predicted octanol–water partition coefficient (Wildman–Crippen LogP) is 3.46. The lowest BCUT2D eigenvalue weighted by Gasteiger charge is -2.08. The molecular formula is C15H13BrClNO3S. The van der Waals surface area contributed by atoms with Crippen LogP contribution in [0.5, 0.6) is 0 Å². The molecule has 0 heterocycles. The Morgan fingerprint density at radius 1 is 1.18 bits per heavy atom. The standard InChI is InChI=1S/C15H13BrClNO3S/c1-10-2-4-11(5-3-10)6-15(19)18-22(20,21)14-8-12(16)7-13(17)9-14/h2-5,7-9H,6H2,1H3,(H,18,19). The van der Waals surface area contributed by atoms with Crippen LogP contribution in [0, 0.1) is 6.92 Å². The summed E-state index contributed by atoms with van der Waals surface area (Å²) in [6.45, 7) is 1.94. The number of carbonyl (C=O) groups excluding carboxylic acids is 1. The van der Waals surface area contributed by atoms with Crippen molar-refractivity contribution in [2.24, 2.45) is 0 Å². The molecule has 0 aliphatic heterocycles. The van der Waals surface area contributed by atoms with Crippen molar-refractivity contribution in [1.29, 1.82) is 0 Å². The third-order valence-corrected chi connectivity index (χ3v) is 4.91. The molecule has 0 saturated heterocycles. The molecule has 2 aromatic carbocycles. The number of hydrogen-bond acceptors (Lipinski definition) is 3. The van der Waals surface area contributed by atoms with Crippen LogP contribution < -0.4 is 4.72 Å². The van der Waals surface area contributed by atoms with Crippen molar-refractivity contribution in [3.8, 4) is 0 Å². The normalized spacial score (nSPS) is 11.2. The number of carbonyl (C=O) groups is 1. The molecule has 0 atom stereocenters. The van der Waals surface area contributed by atoms with E-state index >= 15 is 0 Å². The summed E-state index contributed by atoms with van der Waals surface area (Å²) in [5, 5.41) is 0.265. The van der Waals surface area contributed by atoms with E-state index in [0.717, 1.165) is 11.1 Å². The summed E-state index contributed by atoms with van der Waals surface area (Å²) in [4.78, 5) is 11.9. The van der Waals surface area contributed by atoms with E-state index in [9.17, 15) is 13.2 Å². The van der Waals surface area contributed by atoms with Crippen LogP contribution in [0.15, 0.2) is 51.8 Å². The Kier molecular flexibility index (Phi) is 5.26. The maximum absolute atomic E-state index is 12.2. The first-order chi connectivity index (χ1) is 10.3. The van der Waals surface area contributed by atoms with Crippen LogP contribution in [0.1, 0.15) is 11.1 Å². The second kappa shape index (κ2) is 6.81. The first-order valence-corrected chi connectivity index (χ1v) is 8.99. The monoisotopic (exact) mass is 401 g/mol. The summed E-state index contributed by atoms with van der Waals surface area (Å²) >= 11 is 9.00. The van der Waals surface area contributed by atoms with Gasteiger partial charge < -0.3 is 0 Å². The van der Waals surface area contributed by atoms with E-state index in [1.165, 1.54) is 12.1 Å². The molecule has 116 valence electrons. The van der Waals surface area contributed by atoms with Gasteiger partial charge in [0.1, 0.15) is 0 Å². The van der Waals surface area contributed by atoms with Gasteiger partial charge in [0, 0.05) is 9.50 Å². The minimum absolute atomic E-state index is 0.0127. The Hall–Kier alpha value is -1.37. The molecule has 22 heavy (non-hydrogen) atoms. The van der Waals surface area contributed by atoms with Gasteiger partial charge in [0.25, 0.3) is 10.0 Å². The third kappa shape index (κ3) is 4.56. The minimum Gasteiger partial charge on any atom is -0.274 e. The summed E-state index contributed by atoms with van der Waals surface area (Å²) in [5.41, 5.74) is 1.81. The van der Waals surface area contributed by atoms with Gasteiger partial charge in [0.15, 0.2) is 0 Å². The molecule has 1 amide bonds. The second-order valence-electron chi connectivity index (χ2n) is 4.80. The van der Waals surface area contributed by atoms with E-state index < -0.39 is 15.9 Å². The number of rotatable bonds is 4. The van der Waals surface area contributed by atoms with Crippen molar-refractivity contribution in [1.82, 2.24) is 4.72 Å². The van der Waals surface area contributed by atoms with Gasteiger partial charge in [-0.1, -0.05) is 57.4 Å². The lowest BCUT2D eigenvalue weighted by Crippen LogP contribution is -2.31. The molecule has 0 aromatic heterocycles. The number of nitrogens with one attached hydrogen (secondary N) is 1. The third-order valence-electron chi connectivity index (χ3n) is 2.88. The zero-order valence-corrected chi connectivity index (χ0v) is 14.8. The summed E-state index contributed by atoms with van der Waals surface area (Å²) < 4.78 is 26.9. The molecule has 0 unspecified atom stereocenters. The van der Waals surface area contributed by atoms with Gasteiger partial charge in [-0.25, -0.2) is 13.1 Å². The number of hydrogen-bond donors (Lipinski definition) is 1. The minimum atomic E-state index is -3.95. The van der Waals surface area contributed by atoms with Crippen molar-refractivity contribution in [2.75, 3.05) is 0 Å². The molecule has 0 aliphatic carbocycles. The van der Waals surface area contributed by atoms with Crippen molar-refractivity contribution < 1.29 is 13.2 Å². The largest absolute Gasteiger partial charge is 0.274 e. The molecule has 2 aromatic rings. The Balaban J connectivity index is 2.14. The molecular weight excluding hydrogens is 390 g/mol. The first-order valence-electron chi connectivity index (χ1n) is 6.33. The Morgan fingerprint density at radius 2 is 1.82 bits per heavy atom. The Morgan fingerprint density at radius 3 is 2.41 bits per heavy atom. The molecule has 0 spiro atoms. The van der Waals surface area contributed by atoms with Crippen LogP contribution in [0.25, 0.3) is 0 Å². The summed E-state index contributed by atoms with van der Waals surface area (Å²) in [7, 11) is -3.95. The van der Waals surface area contributed by atoms with E-state index in [2.05, 4.69) is 15.9 Å². The number of aryl methyl sites for hydroxylation is 1. The summed E-state index contributed by atoms with van der Waals surface area (Å²) in [6.07, 6.45) is -0.0127. The SMILES string of the molecule is Cc1ccc(CC(=O)NS(=O)(=O)c2cc(Cl)cc(Br)c2)cc1. The van der Waals surface area contributed by atoms with Crippen LogP contribution >= 0.6 is 27.5 Å². The maximum Gasteiger partial charge on any atom is 0.264 e. The Labute approximate surface area is 142 Å². The van der Waals surface area contributed by atoms with Gasteiger partial charge in [-0.2, -0.15) is 0 Å². The van der Waals surface area contributed by atoms with Gasteiger partial charge in [-0.05, 0) is 30.7 Å². The number of amides is 1. The van der Waals surface area contributed by atoms with Gasteiger partial charge in [-0.15, -0.1) is 0 Å². The quantitative estimate of drug-likeness (QED) is 0.852. The highest BCUT2D eigenvalue weighted by Crippen LogP contribution is 2.22. The van der Waals surface area contributed by atoms with Gasteiger partial charge in [0.05, 0.1) is 11.3 Å². The van der Waals surface area contributed by atoms with E-state index in [4.69, 9.17) is 11.6 Å². The van der Waals surface area contributed by atoms with Crippen molar-refractivity contribution in [3.05, 3.63) is 63.1 Å². The van der Waals surface area contributed by atoms with Gasteiger partial charge >= 0.3 is 0 Å². The zero-order valence-electron chi connectivity index (χ0n) is 11.6. The second-order valence-corrected chi connectivity index (χ2v) is 7.83. The average molecular weight is 403 g/mol. The lowest BCUT2D eigenvalue weighted by molar-refractivity contribution is -0.118. The van der Waals surface area contributed by atoms with Crippen LogP contribution in [-0.4, -0.2) is 14.3 Å². The topological polar surface area (TPSA) is 63.2 Å². The predicted molar refractivity (Wildman–Crippen MR) is 89.4 cm³/mol. The molecule has 7 heteroatoms. The molecule has 0 bridgehead atoms. The molecule has 0 fully saturated rings. The molecule has 2 rings (SSSR count). The summed E-state index contributed by atoms with van der Waals surface area (Å²) in [6, 6.07) is 11.5. The van der Waals surface area contributed by atoms with Crippen molar-refractivity contribution >= 4 is 43.5 Å². The molecule has 1 N–H and O–H groups in total. The molecule has 0 aliphatic rings. The average Bonchev–Trinajstić information content (AvgIpc) is 2.39. The number of benzene rings is 2. The van der Waals surface area contributed by atoms with Crippen LogP contribution in [0.3, 0.4) is 0 Å². The van der Waals surface area contributed by atoms with E-state index in [0.29, 0.717) is 4.47 Å². The maximum atomic E-state index is 12.2. The zero-order chi connectivity index (χ0) is 16.3. The van der Waals surface area contributed by atoms with E-state index in [1.54, 1.807) is 18.2 Å². The fourth-order valence-corrected chi connectivity index (χ4v) is 3.95. The fraction of sp³-hybridized carbons (Fsp3) is 0.133. The smallest absolute Gasteiger partial charge is 0.264 e. The summed E-state index contributed by atoms with van der Waals surface area (Å²) in [5.74, 6) is -0.597. The first kappa shape index (κ1) is 17.0. The number of sulfonamides is 1. The highest BCUT2D eigenvalue weighted by molar-refractivity contribution is 9.10. The van der Waals surface area contributed by atoms with Crippen LogP contribution in [-0.2, 0) is 21.2 Å². The van der Waals surface area contributed by atoms with Gasteiger partial charge in [-0.3, -0.25) is 4.79 Å². The van der Waals surface area contributed by atoms with Crippen molar-refractivity contribution in [3.63, 3.8) is 0 Å². The van der Waals surface area contributed by atoms with Crippen LogP contribution in [0.2, 0.25) is 5.02 Å². The van der Waals surface area contributed by atoms with Crippen LogP contribution in [0.4, 0.5) is 0 Å². The highest BCUT2D eigenvalue weighted by Gasteiger charge is 2.18. The van der Waals surface area contributed by atoms with E-state index in [-0.39, 0.29) is 16.3 Å². The molecule has 0 radical (unpaired) electrons. The van der Waals surface area contributed by atoms with Crippen molar-refractivity contribution in [2.45, 2.75) is 18.2 Å².